The number of benzene rings is 5. The molecule has 20 heteroatoms. The fourth-order valence-electron chi connectivity index (χ4n) is 8.75. The molecule has 0 amide bonds. The van der Waals surface area contributed by atoms with Crippen LogP contribution in [0.25, 0.3) is 0 Å². The molecule has 4 heterocycles. The van der Waals surface area contributed by atoms with Crippen molar-refractivity contribution in [2.75, 3.05) is 59.9 Å². The van der Waals surface area contributed by atoms with Crippen molar-refractivity contribution in [3.63, 3.8) is 0 Å². The number of likely N-dealkylation sites (tertiary alicyclic amines) is 1. The summed E-state index contributed by atoms with van der Waals surface area (Å²) in [6, 6.07) is 41.1. The molecule has 0 saturated carbocycles. The maximum absolute atomic E-state index is 13.4. The van der Waals surface area contributed by atoms with Crippen LogP contribution in [0.15, 0.2) is 159 Å². The molecule has 368 valence electrons. The first-order chi connectivity index (χ1) is 33.7. The van der Waals surface area contributed by atoms with E-state index in [1.165, 1.54) is 23.5 Å². The van der Waals surface area contributed by atoms with Crippen LogP contribution in [0.2, 0.25) is 15.1 Å². The van der Waals surface area contributed by atoms with Gasteiger partial charge in [-0.1, -0.05) is 120 Å². The fraction of sp³-hybridized carbons (Fsp3) is 0.320. The Morgan fingerprint density at radius 1 is 0.629 bits per heavy atom. The molecule has 3 atom stereocenters. The molecule has 0 aliphatic carbocycles. The van der Waals surface area contributed by atoms with Crippen molar-refractivity contribution < 1.29 is 21.9 Å². The minimum atomic E-state index is -3.92. The molecule has 15 nitrogen and oxygen atoms in total. The molecule has 3 unspecified atom stereocenters. The molecule has 0 aromatic heterocycles. The predicted octanol–water partition coefficient (Wildman–Crippen LogP) is 7.50. The van der Waals surface area contributed by atoms with E-state index in [9.17, 15) is 21.9 Å². The monoisotopic (exact) mass is 1040 g/mol. The van der Waals surface area contributed by atoms with Crippen molar-refractivity contribution in [2.45, 2.75) is 42.1 Å². The Kier molecular flexibility index (Phi) is 16.6. The molecule has 3 N–H and O–H groups in total. The van der Waals surface area contributed by atoms with E-state index in [0.29, 0.717) is 53.5 Å². The molecule has 0 radical (unpaired) electrons. The smallest absolute Gasteiger partial charge is 0.303 e. The van der Waals surface area contributed by atoms with Crippen molar-refractivity contribution in [1.29, 1.82) is 0 Å². The third-order valence-electron chi connectivity index (χ3n) is 12.5. The largest absolute Gasteiger partial charge is 0.393 e. The maximum Gasteiger partial charge on any atom is 0.303 e. The summed E-state index contributed by atoms with van der Waals surface area (Å²) in [5.74, 6) is 0.562. The molecular formula is C50H55Cl3N10O5S2. The molecule has 5 aromatic rings. The Labute approximate surface area is 425 Å². The van der Waals surface area contributed by atoms with Gasteiger partial charge in [-0.05, 0) is 110 Å². The zero-order valence-corrected chi connectivity index (χ0v) is 42.6. The van der Waals surface area contributed by atoms with Crippen molar-refractivity contribution >= 4 is 78.4 Å². The summed E-state index contributed by atoms with van der Waals surface area (Å²) in [6.07, 6.45) is 1.39. The van der Waals surface area contributed by atoms with Gasteiger partial charge in [-0.15, -0.1) is 0 Å². The molecule has 2 fully saturated rings. The second kappa shape index (κ2) is 22.8. The lowest BCUT2D eigenvalue weighted by Gasteiger charge is -2.29. The number of nitrogens with zero attached hydrogens (tertiary/aromatic N) is 8. The van der Waals surface area contributed by atoms with E-state index in [2.05, 4.69) is 38.5 Å². The Bertz CT molecular complexity index is 2930. The Morgan fingerprint density at radius 2 is 1.10 bits per heavy atom. The lowest BCUT2D eigenvalue weighted by molar-refractivity contribution is 0.113. The minimum absolute atomic E-state index is 0.0660. The summed E-state index contributed by atoms with van der Waals surface area (Å²) >= 11 is 18.2. The third kappa shape index (κ3) is 12.7. The molecule has 4 aliphatic rings. The molecule has 9 rings (SSSR count). The third-order valence-corrected chi connectivity index (χ3v) is 16.1. The molecule has 2 saturated heterocycles. The van der Waals surface area contributed by atoms with Crippen LogP contribution in [0, 0.1) is 5.92 Å². The summed E-state index contributed by atoms with van der Waals surface area (Å²) < 4.78 is 59.2. The summed E-state index contributed by atoms with van der Waals surface area (Å²) in [7, 11) is -4.11. The van der Waals surface area contributed by atoms with Gasteiger partial charge in [0, 0.05) is 60.1 Å². The van der Waals surface area contributed by atoms with E-state index in [0.717, 1.165) is 53.2 Å². The summed E-state index contributed by atoms with van der Waals surface area (Å²) in [4.78, 5) is 11.3. The highest BCUT2D eigenvalue weighted by molar-refractivity contribution is 7.90. The number of aliphatic hydroxyl groups is 1. The number of aliphatic imine (C=N–C) groups is 2. The number of aliphatic hydroxyl groups excluding tert-OH is 1. The van der Waals surface area contributed by atoms with Crippen LogP contribution in [0.3, 0.4) is 0 Å². The average Bonchev–Trinajstić information content (AvgIpc) is 4.13. The van der Waals surface area contributed by atoms with E-state index in [1.54, 1.807) is 22.2 Å². The number of hydrogen-bond acceptors (Lipinski definition) is 10. The number of halogens is 3. The van der Waals surface area contributed by atoms with Crippen molar-refractivity contribution in [3.05, 3.63) is 171 Å². The fourth-order valence-corrected chi connectivity index (χ4v) is 11.4. The normalized spacial score (nSPS) is 20.7. The standard InChI is InChI=1S/C28H29Cl2N5O2S.C22H26ClN5O3S/c1-34-16-15-20(18-34)17-31-28(33-38(36,37)25-13-11-24(30)12-14-25)35-19-26(21-5-3-2-4-6-21)27(32-35)22-7-9-23(29)10-8-22;1-24-22(26-32(30,31)27-13-11-19(29)12-14-27)28-15-20(16-5-3-2-4-6-16)21(25-28)17-7-9-18(23)10-8-17/h2-14,20,26H,15-19H2,1H3,(H,31,33);2-10,19-20,29H,11-15H2,1H3,(H,24,26). The Balaban J connectivity index is 0.000000191. The van der Waals surface area contributed by atoms with Crippen LogP contribution >= 0.6 is 34.8 Å². The van der Waals surface area contributed by atoms with Gasteiger partial charge in [0.05, 0.1) is 35.5 Å². The summed E-state index contributed by atoms with van der Waals surface area (Å²) in [6.45, 7) is 3.84. The van der Waals surface area contributed by atoms with Gasteiger partial charge in [0.15, 0.2) is 0 Å². The van der Waals surface area contributed by atoms with Gasteiger partial charge in [0.25, 0.3) is 10.0 Å². The highest BCUT2D eigenvalue weighted by Crippen LogP contribution is 2.32. The van der Waals surface area contributed by atoms with Crippen LogP contribution < -0.4 is 9.44 Å². The lowest BCUT2D eigenvalue weighted by Crippen LogP contribution is -2.50. The zero-order valence-electron chi connectivity index (χ0n) is 38.7. The lowest BCUT2D eigenvalue weighted by atomic mass is 9.91. The predicted molar refractivity (Wildman–Crippen MR) is 280 cm³/mol. The van der Waals surface area contributed by atoms with E-state index in [4.69, 9.17) is 50.0 Å². The van der Waals surface area contributed by atoms with Crippen LogP contribution in [-0.4, -0.2) is 131 Å². The van der Waals surface area contributed by atoms with Gasteiger partial charge in [-0.25, -0.2) is 27.9 Å². The molecule has 4 aliphatic heterocycles. The topological polar surface area (TPSA) is 175 Å². The molecule has 5 aromatic carbocycles. The van der Waals surface area contributed by atoms with Gasteiger partial charge < -0.3 is 10.0 Å². The van der Waals surface area contributed by atoms with Gasteiger partial charge >= 0.3 is 10.2 Å². The van der Waals surface area contributed by atoms with Gasteiger partial charge in [0.1, 0.15) is 0 Å². The first-order valence-corrected chi connectivity index (χ1v) is 27.0. The Morgan fingerprint density at radius 3 is 1.56 bits per heavy atom. The highest BCUT2D eigenvalue weighted by atomic mass is 35.5. The number of nitrogens with one attached hydrogen (secondary N) is 2. The van der Waals surface area contributed by atoms with E-state index in [-0.39, 0.29) is 41.7 Å². The van der Waals surface area contributed by atoms with E-state index >= 15 is 0 Å². The number of rotatable bonds is 10. The van der Waals surface area contributed by atoms with Gasteiger partial charge in [-0.2, -0.15) is 22.9 Å². The van der Waals surface area contributed by atoms with Crippen LogP contribution in [0.5, 0.6) is 0 Å². The van der Waals surface area contributed by atoms with Crippen LogP contribution in [0.4, 0.5) is 0 Å². The highest BCUT2D eigenvalue weighted by Gasteiger charge is 2.36. The number of guanidine groups is 2. The van der Waals surface area contributed by atoms with Crippen LogP contribution in [-0.2, 0) is 20.2 Å². The van der Waals surface area contributed by atoms with Crippen molar-refractivity contribution in [2.24, 2.45) is 26.1 Å². The van der Waals surface area contributed by atoms with Crippen molar-refractivity contribution in [3.8, 4) is 0 Å². The second-order valence-corrected chi connectivity index (χ2v) is 22.2. The number of hydrogen-bond donors (Lipinski definition) is 3. The molecule has 0 spiro atoms. The maximum atomic E-state index is 13.4. The average molecular weight is 1050 g/mol. The number of sulfonamides is 1. The summed E-state index contributed by atoms with van der Waals surface area (Å²) in [5, 5.41) is 24.4. The van der Waals surface area contributed by atoms with Crippen molar-refractivity contribution in [1.82, 2.24) is 28.7 Å². The van der Waals surface area contributed by atoms with Gasteiger partial charge in [0.2, 0.25) is 11.9 Å². The number of piperidine rings is 1. The zero-order chi connectivity index (χ0) is 49.4. The van der Waals surface area contributed by atoms with E-state index < -0.39 is 26.3 Å². The quantitative estimate of drug-likeness (QED) is 0.0953. The van der Waals surface area contributed by atoms with E-state index in [1.807, 2.05) is 97.1 Å². The SMILES string of the molecule is CN1CCC(CN=C(NS(=O)(=O)c2ccc(Cl)cc2)N2CC(c3ccccc3)C(c3ccc(Cl)cc3)=N2)C1.CN=C(NS(=O)(=O)N1CCC(O)CC1)N1CC(c2ccccc2)C(c2ccc(Cl)cc2)=N1. The van der Waals surface area contributed by atoms with Gasteiger partial charge in [-0.3, -0.25) is 9.98 Å². The number of hydrazone groups is 2. The molecular weight excluding hydrogens is 991 g/mol. The first-order valence-electron chi connectivity index (χ1n) is 22.9. The first kappa shape index (κ1) is 51.0. The second-order valence-electron chi connectivity index (χ2n) is 17.5. The summed E-state index contributed by atoms with van der Waals surface area (Å²) in [5.41, 5.74) is 5.63. The Hall–Kier alpha value is -5.37. The molecule has 70 heavy (non-hydrogen) atoms. The molecule has 0 bridgehead atoms. The minimum Gasteiger partial charge on any atom is -0.393 e. The van der Waals surface area contributed by atoms with Crippen LogP contribution in [0.1, 0.15) is 53.4 Å².